The molecule has 6 heteroatoms. The smallest absolute Gasteiger partial charge is 0.170 e. The molecule has 0 heterocycles. The highest BCUT2D eigenvalue weighted by Crippen LogP contribution is 2.26. The first-order chi connectivity index (χ1) is 9.10. The van der Waals surface area contributed by atoms with Gasteiger partial charge >= 0.3 is 0 Å². The lowest BCUT2D eigenvalue weighted by Crippen LogP contribution is -2.12. The molecule has 98 valence electrons. The van der Waals surface area contributed by atoms with Crippen molar-refractivity contribution in [2.24, 2.45) is 10.9 Å². The highest BCUT2D eigenvalue weighted by atomic mass is 79.9. The second-order valence-corrected chi connectivity index (χ2v) is 4.60. The first-order valence-electron chi connectivity index (χ1n) is 5.31. The molecule has 2 aromatic rings. The van der Waals surface area contributed by atoms with Crippen molar-refractivity contribution in [1.82, 2.24) is 0 Å². The summed E-state index contributed by atoms with van der Waals surface area (Å²) >= 11 is 3.17. The van der Waals surface area contributed by atoms with E-state index in [-0.39, 0.29) is 11.6 Å². The number of nitrogens with zero attached hydrogens (tertiary/aromatic N) is 1. The molecule has 4 nitrogen and oxygen atoms in total. The number of nitrogens with two attached hydrogens (primary N) is 1. The fraction of sp³-hybridized carbons (Fsp3) is 0. The van der Waals surface area contributed by atoms with Gasteiger partial charge in [-0.1, -0.05) is 21.1 Å². The Morgan fingerprint density at radius 1 is 1.21 bits per heavy atom. The fourth-order valence-electron chi connectivity index (χ4n) is 1.44. The summed E-state index contributed by atoms with van der Waals surface area (Å²) in [5.41, 5.74) is 5.98. The molecule has 0 unspecified atom stereocenters. The summed E-state index contributed by atoms with van der Waals surface area (Å²) in [6, 6.07) is 11.0. The molecule has 0 amide bonds. The molecule has 2 aromatic carbocycles. The molecule has 3 N–H and O–H groups in total. The number of halogens is 2. The van der Waals surface area contributed by atoms with Crippen LogP contribution in [0.1, 0.15) is 5.56 Å². The molecule has 0 aliphatic rings. The number of oxime groups is 1. The summed E-state index contributed by atoms with van der Waals surface area (Å²) in [5.74, 6) is 0.117. The zero-order valence-electron chi connectivity index (χ0n) is 9.68. The van der Waals surface area contributed by atoms with Crippen molar-refractivity contribution in [1.29, 1.82) is 0 Å². The van der Waals surface area contributed by atoms with Gasteiger partial charge in [0.25, 0.3) is 0 Å². The molecule has 0 spiro atoms. The minimum atomic E-state index is -0.463. The van der Waals surface area contributed by atoms with Crippen LogP contribution in [0.2, 0.25) is 0 Å². The molecule has 0 aromatic heterocycles. The van der Waals surface area contributed by atoms with E-state index in [1.165, 1.54) is 12.1 Å². The van der Waals surface area contributed by atoms with Crippen molar-refractivity contribution in [3.8, 4) is 11.5 Å². The van der Waals surface area contributed by atoms with E-state index in [1.807, 2.05) is 0 Å². The number of hydrogen-bond donors (Lipinski definition) is 2. The predicted molar refractivity (Wildman–Crippen MR) is 73.1 cm³/mol. The van der Waals surface area contributed by atoms with Gasteiger partial charge in [0.15, 0.2) is 17.4 Å². The van der Waals surface area contributed by atoms with Gasteiger partial charge in [-0.15, -0.1) is 0 Å². The van der Waals surface area contributed by atoms with E-state index >= 15 is 0 Å². The highest BCUT2D eigenvalue weighted by molar-refractivity contribution is 9.10. The molecule has 0 atom stereocenters. The summed E-state index contributed by atoms with van der Waals surface area (Å²) < 4.78 is 19.6. The lowest BCUT2D eigenvalue weighted by atomic mass is 10.2. The van der Waals surface area contributed by atoms with E-state index in [4.69, 9.17) is 15.7 Å². The van der Waals surface area contributed by atoms with Crippen molar-refractivity contribution < 1.29 is 14.3 Å². The summed E-state index contributed by atoms with van der Waals surface area (Å²) in [5, 5.41) is 11.4. The SMILES string of the molecule is N/C(=N\O)c1ccc(Oc2ccc(Br)cc2F)cc1. The maximum absolute atomic E-state index is 13.6. The third-order valence-electron chi connectivity index (χ3n) is 2.38. The maximum Gasteiger partial charge on any atom is 0.170 e. The second kappa shape index (κ2) is 5.71. The molecule has 0 radical (unpaired) electrons. The summed E-state index contributed by atoms with van der Waals surface area (Å²) in [6.07, 6.45) is 0. The van der Waals surface area contributed by atoms with Gasteiger partial charge in [-0.2, -0.15) is 0 Å². The number of ether oxygens (including phenoxy) is 1. The van der Waals surface area contributed by atoms with Crippen molar-refractivity contribution in [3.63, 3.8) is 0 Å². The zero-order chi connectivity index (χ0) is 13.8. The number of rotatable bonds is 3. The molecule has 0 saturated heterocycles. The Kier molecular flexibility index (Phi) is 4.01. The third-order valence-corrected chi connectivity index (χ3v) is 2.87. The van der Waals surface area contributed by atoms with Gasteiger partial charge in [-0.3, -0.25) is 0 Å². The van der Waals surface area contributed by atoms with Crippen LogP contribution in [-0.2, 0) is 0 Å². The maximum atomic E-state index is 13.6. The van der Waals surface area contributed by atoms with Gasteiger partial charge in [0, 0.05) is 10.0 Å². The van der Waals surface area contributed by atoms with Crippen LogP contribution in [0.4, 0.5) is 4.39 Å². The average molecular weight is 325 g/mol. The molecule has 19 heavy (non-hydrogen) atoms. The van der Waals surface area contributed by atoms with E-state index in [0.29, 0.717) is 15.8 Å². The molecule has 2 rings (SSSR count). The summed E-state index contributed by atoms with van der Waals surface area (Å²) in [7, 11) is 0. The lowest BCUT2D eigenvalue weighted by Gasteiger charge is -2.07. The Bertz CT molecular complexity index is 615. The van der Waals surface area contributed by atoms with Crippen molar-refractivity contribution in [2.75, 3.05) is 0 Å². The molecule has 0 bridgehead atoms. The first-order valence-corrected chi connectivity index (χ1v) is 6.10. The molecular weight excluding hydrogens is 315 g/mol. The van der Waals surface area contributed by atoms with Gasteiger partial charge in [-0.25, -0.2) is 4.39 Å². The number of benzene rings is 2. The normalized spacial score (nSPS) is 11.4. The Morgan fingerprint density at radius 3 is 2.47 bits per heavy atom. The van der Waals surface area contributed by atoms with E-state index in [0.717, 1.165) is 0 Å². The van der Waals surface area contributed by atoms with Crippen LogP contribution >= 0.6 is 15.9 Å². The number of amidine groups is 1. The molecule has 0 aliphatic carbocycles. The monoisotopic (exact) mass is 324 g/mol. The molecule has 0 fully saturated rings. The average Bonchev–Trinajstić information content (AvgIpc) is 2.42. The first kappa shape index (κ1) is 13.4. The predicted octanol–water partition coefficient (Wildman–Crippen LogP) is 3.48. The van der Waals surface area contributed by atoms with E-state index < -0.39 is 5.82 Å². The van der Waals surface area contributed by atoms with Crippen LogP contribution < -0.4 is 10.5 Å². The van der Waals surface area contributed by atoms with E-state index in [1.54, 1.807) is 30.3 Å². The second-order valence-electron chi connectivity index (χ2n) is 3.69. The third kappa shape index (κ3) is 3.23. The van der Waals surface area contributed by atoms with Crippen LogP contribution in [0.15, 0.2) is 52.1 Å². The van der Waals surface area contributed by atoms with Crippen LogP contribution in [0.5, 0.6) is 11.5 Å². The van der Waals surface area contributed by atoms with Gasteiger partial charge in [0.1, 0.15) is 5.75 Å². The largest absolute Gasteiger partial charge is 0.454 e. The Morgan fingerprint density at radius 2 is 1.89 bits per heavy atom. The van der Waals surface area contributed by atoms with E-state index in [2.05, 4.69) is 21.1 Å². The van der Waals surface area contributed by atoms with Crippen LogP contribution in [-0.4, -0.2) is 11.0 Å². The Hall–Kier alpha value is -2.08. The van der Waals surface area contributed by atoms with E-state index in [9.17, 15) is 4.39 Å². The minimum Gasteiger partial charge on any atom is -0.454 e. The molecular formula is C13H10BrFN2O2. The van der Waals surface area contributed by atoms with Gasteiger partial charge in [-0.05, 0) is 42.5 Å². The Balaban J connectivity index is 2.20. The molecule has 0 aliphatic heterocycles. The Labute approximate surface area is 117 Å². The lowest BCUT2D eigenvalue weighted by molar-refractivity contribution is 0.318. The standard InChI is InChI=1S/C13H10BrFN2O2/c14-9-3-6-12(11(15)7-9)19-10-4-1-8(2-5-10)13(16)17-18/h1-7,18H,(H2,16,17). The van der Waals surface area contributed by atoms with Gasteiger partial charge < -0.3 is 15.7 Å². The highest BCUT2D eigenvalue weighted by Gasteiger charge is 2.06. The van der Waals surface area contributed by atoms with Crippen LogP contribution in [0.3, 0.4) is 0 Å². The zero-order valence-corrected chi connectivity index (χ0v) is 11.3. The summed E-state index contributed by atoms with van der Waals surface area (Å²) in [4.78, 5) is 0. The molecule has 0 saturated carbocycles. The minimum absolute atomic E-state index is 0.00127. The van der Waals surface area contributed by atoms with Crippen molar-refractivity contribution >= 4 is 21.8 Å². The van der Waals surface area contributed by atoms with Crippen LogP contribution in [0, 0.1) is 5.82 Å². The van der Waals surface area contributed by atoms with Gasteiger partial charge in [0.2, 0.25) is 0 Å². The fourth-order valence-corrected chi connectivity index (χ4v) is 1.77. The topological polar surface area (TPSA) is 67.8 Å². The van der Waals surface area contributed by atoms with Crippen molar-refractivity contribution in [3.05, 3.63) is 58.3 Å². The van der Waals surface area contributed by atoms with Crippen molar-refractivity contribution in [2.45, 2.75) is 0 Å². The quantitative estimate of drug-likeness (QED) is 0.393. The van der Waals surface area contributed by atoms with Crippen LogP contribution in [0.25, 0.3) is 0 Å². The van der Waals surface area contributed by atoms with Gasteiger partial charge in [0.05, 0.1) is 0 Å². The summed E-state index contributed by atoms with van der Waals surface area (Å²) in [6.45, 7) is 0. The number of hydrogen-bond acceptors (Lipinski definition) is 3.